The van der Waals surface area contributed by atoms with E-state index in [1.165, 1.54) is 11.3 Å². The van der Waals surface area contributed by atoms with E-state index in [9.17, 15) is 23.1 Å². The molecule has 0 aliphatic carbocycles. The van der Waals surface area contributed by atoms with Gasteiger partial charge in [0.15, 0.2) is 11.6 Å². The van der Waals surface area contributed by atoms with Gasteiger partial charge in [-0.05, 0) is 22.4 Å². The summed E-state index contributed by atoms with van der Waals surface area (Å²) in [5, 5.41) is 17.6. The Labute approximate surface area is 122 Å². The largest absolute Gasteiger partial charge is 0.387 e. The van der Waals surface area contributed by atoms with Gasteiger partial charge in [-0.1, -0.05) is 0 Å². The zero-order chi connectivity index (χ0) is 15.4. The topological polar surface area (TPSA) is 61.4 Å². The average Bonchev–Trinajstić information content (AvgIpc) is 2.96. The molecule has 1 aromatic carbocycles. The number of carbonyl (C=O) groups excluding carboxylic acids is 1. The lowest BCUT2D eigenvalue weighted by molar-refractivity contribution is 0.175. The lowest BCUT2D eigenvalue weighted by Gasteiger charge is -2.12. The summed E-state index contributed by atoms with van der Waals surface area (Å²) in [5.41, 5.74) is 0.149. The van der Waals surface area contributed by atoms with Crippen LogP contribution in [0.1, 0.15) is 11.7 Å². The van der Waals surface area contributed by atoms with Crippen LogP contribution < -0.4 is 10.6 Å². The van der Waals surface area contributed by atoms with Crippen LogP contribution in [0.15, 0.2) is 29.0 Å². The molecule has 1 aromatic heterocycles. The Morgan fingerprint density at radius 1 is 1.24 bits per heavy atom. The molecule has 1 heterocycles. The predicted molar refractivity (Wildman–Crippen MR) is 72.6 cm³/mol. The molecule has 0 radical (unpaired) electrons. The van der Waals surface area contributed by atoms with Crippen LogP contribution in [-0.4, -0.2) is 17.7 Å². The van der Waals surface area contributed by atoms with E-state index in [1.807, 2.05) is 5.32 Å². The molecular weight excluding hydrogens is 305 g/mol. The van der Waals surface area contributed by atoms with Crippen LogP contribution in [0.3, 0.4) is 0 Å². The monoisotopic (exact) mass is 316 g/mol. The van der Waals surface area contributed by atoms with Gasteiger partial charge in [-0.2, -0.15) is 11.3 Å². The van der Waals surface area contributed by atoms with E-state index < -0.39 is 35.3 Å². The highest BCUT2D eigenvalue weighted by Gasteiger charge is 2.13. The van der Waals surface area contributed by atoms with Gasteiger partial charge >= 0.3 is 6.03 Å². The van der Waals surface area contributed by atoms with Gasteiger partial charge in [-0.15, -0.1) is 0 Å². The van der Waals surface area contributed by atoms with Gasteiger partial charge in [0.25, 0.3) is 0 Å². The summed E-state index contributed by atoms with van der Waals surface area (Å²) in [6.07, 6.45) is -0.906. The number of nitrogens with one attached hydrogen (secondary N) is 2. The Hall–Kier alpha value is -2.06. The summed E-state index contributed by atoms with van der Waals surface area (Å²) in [5.74, 6) is -3.71. The van der Waals surface area contributed by atoms with Crippen LogP contribution in [0.4, 0.5) is 23.7 Å². The van der Waals surface area contributed by atoms with E-state index in [2.05, 4.69) is 5.32 Å². The van der Waals surface area contributed by atoms with Crippen LogP contribution in [-0.2, 0) is 0 Å². The second kappa shape index (κ2) is 6.59. The highest BCUT2D eigenvalue weighted by atomic mass is 32.1. The minimum Gasteiger partial charge on any atom is -0.387 e. The minimum atomic E-state index is -1.34. The number of halogens is 3. The summed E-state index contributed by atoms with van der Waals surface area (Å²) >= 11 is 1.39. The van der Waals surface area contributed by atoms with Crippen LogP contribution in [0.5, 0.6) is 0 Å². The first kappa shape index (κ1) is 15.3. The van der Waals surface area contributed by atoms with Crippen molar-refractivity contribution >= 4 is 23.1 Å². The maximum atomic E-state index is 13.3. The second-order valence-corrected chi connectivity index (χ2v) is 4.93. The molecule has 1 unspecified atom stereocenters. The molecule has 4 nitrogen and oxygen atoms in total. The van der Waals surface area contributed by atoms with Crippen molar-refractivity contribution < 1.29 is 23.1 Å². The SMILES string of the molecule is O=C(NCC(O)c1ccsc1)Nc1cc(F)c(F)cc1F. The zero-order valence-corrected chi connectivity index (χ0v) is 11.4. The quantitative estimate of drug-likeness (QED) is 0.759. The molecule has 0 saturated heterocycles. The summed E-state index contributed by atoms with van der Waals surface area (Å²) in [6, 6.07) is 1.74. The summed E-state index contributed by atoms with van der Waals surface area (Å²) in [6.45, 7) is -0.103. The third-order valence-corrected chi connectivity index (χ3v) is 3.34. The van der Waals surface area contributed by atoms with Crippen LogP contribution in [0.25, 0.3) is 0 Å². The number of anilines is 1. The molecule has 2 rings (SSSR count). The highest BCUT2D eigenvalue weighted by molar-refractivity contribution is 7.07. The second-order valence-electron chi connectivity index (χ2n) is 4.15. The van der Waals surface area contributed by atoms with E-state index in [0.29, 0.717) is 17.7 Å². The summed E-state index contributed by atoms with van der Waals surface area (Å²) in [7, 11) is 0. The van der Waals surface area contributed by atoms with E-state index in [1.54, 1.807) is 16.8 Å². The molecule has 3 N–H and O–H groups in total. The molecule has 2 aromatic rings. The standard InChI is InChI=1S/C13H11F3N2O2S/c14-8-3-10(16)11(4-9(8)15)18-13(20)17-5-12(19)7-1-2-21-6-7/h1-4,6,12,19H,5H2,(H2,17,18,20). The number of benzene rings is 1. The first-order valence-corrected chi connectivity index (χ1v) is 6.81. The fourth-order valence-electron chi connectivity index (χ4n) is 1.56. The third-order valence-electron chi connectivity index (χ3n) is 2.64. The van der Waals surface area contributed by atoms with Gasteiger partial charge < -0.3 is 15.7 Å². The van der Waals surface area contributed by atoms with Gasteiger partial charge in [-0.25, -0.2) is 18.0 Å². The number of hydrogen-bond donors (Lipinski definition) is 3. The third kappa shape index (κ3) is 3.96. The number of carbonyl (C=O) groups is 1. The van der Waals surface area contributed by atoms with Gasteiger partial charge in [0, 0.05) is 18.7 Å². The fraction of sp³-hybridized carbons (Fsp3) is 0.154. The van der Waals surface area contributed by atoms with E-state index in [4.69, 9.17) is 0 Å². The van der Waals surface area contributed by atoms with Gasteiger partial charge in [0.05, 0.1) is 11.8 Å². The molecule has 0 saturated carbocycles. The minimum absolute atomic E-state index is 0.103. The summed E-state index contributed by atoms with van der Waals surface area (Å²) < 4.78 is 39.0. The number of urea groups is 1. The van der Waals surface area contributed by atoms with Crippen molar-refractivity contribution in [1.29, 1.82) is 0 Å². The first-order valence-electron chi connectivity index (χ1n) is 5.87. The molecule has 112 valence electrons. The lowest BCUT2D eigenvalue weighted by Crippen LogP contribution is -2.32. The van der Waals surface area contributed by atoms with Crippen molar-refractivity contribution in [2.45, 2.75) is 6.10 Å². The van der Waals surface area contributed by atoms with Gasteiger partial charge in [0.2, 0.25) is 0 Å². The Morgan fingerprint density at radius 3 is 2.62 bits per heavy atom. The lowest BCUT2D eigenvalue weighted by atomic mass is 10.2. The number of aliphatic hydroxyl groups is 1. The van der Waals surface area contributed by atoms with Crippen LogP contribution in [0.2, 0.25) is 0 Å². The van der Waals surface area contributed by atoms with Crippen LogP contribution >= 0.6 is 11.3 Å². The van der Waals surface area contributed by atoms with Crippen molar-refractivity contribution in [3.63, 3.8) is 0 Å². The zero-order valence-electron chi connectivity index (χ0n) is 10.6. The molecule has 1 atom stereocenters. The van der Waals surface area contributed by atoms with E-state index >= 15 is 0 Å². The van der Waals surface area contributed by atoms with Crippen molar-refractivity contribution in [2.24, 2.45) is 0 Å². The Kier molecular flexibility index (Phi) is 4.81. The van der Waals surface area contributed by atoms with E-state index in [0.717, 1.165) is 0 Å². The smallest absolute Gasteiger partial charge is 0.319 e. The average molecular weight is 316 g/mol. The number of amides is 2. The van der Waals surface area contributed by atoms with Gasteiger partial charge in [0.1, 0.15) is 5.82 Å². The number of aliphatic hydroxyl groups excluding tert-OH is 1. The number of thiophene rings is 1. The maximum absolute atomic E-state index is 13.3. The van der Waals surface area contributed by atoms with Crippen LogP contribution in [0, 0.1) is 17.5 Å². The Bertz CT molecular complexity index is 635. The van der Waals surface area contributed by atoms with Crippen molar-refractivity contribution in [1.82, 2.24) is 5.32 Å². The van der Waals surface area contributed by atoms with E-state index in [-0.39, 0.29) is 6.54 Å². The Morgan fingerprint density at radius 2 is 1.95 bits per heavy atom. The molecular formula is C13H11F3N2O2S. The first-order chi connectivity index (χ1) is 9.97. The van der Waals surface area contributed by atoms with Crippen molar-refractivity contribution in [3.8, 4) is 0 Å². The van der Waals surface area contributed by atoms with Crippen molar-refractivity contribution in [3.05, 3.63) is 52.0 Å². The molecule has 0 fully saturated rings. The molecule has 8 heteroatoms. The molecule has 0 spiro atoms. The normalized spacial score (nSPS) is 12.0. The highest BCUT2D eigenvalue weighted by Crippen LogP contribution is 2.18. The Balaban J connectivity index is 1.92. The molecule has 0 bridgehead atoms. The molecule has 0 aliphatic rings. The number of hydrogen-bond acceptors (Lipinski definition) is 3. The number of rotatable bonds is 4. The predicted octanol–water partition coefficient (Wildman–Crippen LogP) is 3.02. The van der Waals surface area contributed by atoms with Gasteiger partial charge in [-0.3, -0.25) is 0 Å². The molecule has 21 heavy (non-hydrogen) atoms. The fourth-order valence-corrected chi connectivity index (χ4v) is 2.26. The maximum Gasteiger partial charge on any atom is 0.319 e. The van der Waals surface area contributed by atoms with Crippen molar-refractivity contribution in [2.75, 3.05) is 11.9 Å². The molecule has 2 amide bonds. The molecule has 0 aliphatic heterocycles. The summed E-state index contributed by atoms with van der Waals surface area (Å²) in [4.78, 5) is 11.5.